The van der Waals surface area contributed by atoms with Gasteiger partial charge in [-0.2, -0.15) is 0 Å². The molecule has 0 aliphatic heterocycles. The largest absolute Gasteiger partial charge is 0.350 e. The summed E-state index contributed by atoms with van der Waals surface area (Å²) in [6.07, 6.45) is 3.42. The number of hydrogen-bond donors (Lipinski definition) is 2. The number of nitrogens with one attached hydrogen (secondary N) is 2. The van der Waals surface area contributed by atoms with Crippen molar-refractivity contribution < 1.29 is 4.79 Å². The van der Waals surface area contributed by atoms with Crippen LogP contribution in [0.2, 0.25) is 9.36 Å². The third kappa shape index (κ3) is 2.63. The molecular formula is C18H16Cl2N2OS. The number of aromatic amines is 1. The van der Waals surface area contributed by atoms with Crippen LogP contribution in [0.3, 0.4) is 0 Å². The van der Waals surface area contributed by atoms with Crippen LogP contribution in [0.1, 0.15) is 35.3 Å². The van der Waals surface area contributed by atoms with Gasteiger partial charge < -0.3 is 10.3 Å². The molecule has 6 heteroatoms. The van der Waals surface area contributed by atoms with Crippen LogP contribution in [0, 0.1) is 0 Å². The SMILES string of the molecule is O=C(NCC1(c2ccccc2)CCC1)c1cc2sc(Cl)c(Cl)c2[nH]1. The van der Waals surface area contributed by atoms with Crippen LogP contribution in [0.15, 0.2) is 36.4 Å². The summed E-state index contributed by atoms with van der Waals surface area (Å²) in [4.78, 5) is 15.6. The van der Waals surface area contributed by atoms with E-state index in [1.165, 1.54) is 23.3 Å². The Morgan fingerprint density at radius 3 is 2.62 bits per heavy atom. The van der Waals surface area contributed by atoms with Crippen LogP contribution in [0.25, 0.3) is 10.2 Å². The molecule has 0 bridgehead atoms. The number of fused-ring (bicyclic) bond motifs is 1. The van der Waals surface area contributed by atoms with E-state index in [9.17, 15) is 4.79 Å². The molecule has 0 spiro atoms. The molecule has 2 N–H and O–H groups in total. The first-order valence-electron chi connectivity index (χ1n) is 7.89. The third-order valence-electron chi connectivity index (χ3n) is 4.90. The molecule has 1 aromatic carbocycles. The number of thiophene rings is 1. The smallest absolute Gasteiger partial charge is 0.267 e. The van der Waals surface area contributed by atoms with E-state index in [4.69, 9.17) is 23.2 Å². The van der Waals surface area contributed by atoms with E-state index in [1.54, 1.807) is 0 Å². The van der Waals surface area contributed by atoms with Crippen LogP contribution < -0.4 is 5.32 Å². The van der Waals surface area contributed by atoms with Crippen molar-refractivity contribution in [2.24, 2.45) is 0 Å². The van der Waals surface area contributed by atoms with Gasteiger partial charge >= 0.3 is 0 Å². The Labute approximate surface area is 154 Å². The average molecular weight is 379 g/mol. The molecule has 0 atom stereocenters. The Balaban J connectivity index is 1.51. The summed E-state index contributed by atoms with van der Waals surface area (Å²) in [5.74, 6) is -0.104. The molecule has 0 unspecified atom stereocenters. The number of rotatable bonds is 4. The molecule has 2 heterocycles. The first-order valence-corrected chi connectivity index (χ1v) is 9.47. The van der Waals surface area contributed by atoms with Crippen molar-refractivity contribution in [3.8, 4) is 0 Å². The van der Waals surface area contributed by atoms with Gasteiger partial charge in [-0.1, -0.05) is 60.0 Å². The molecule has 4 rings (SSSR count). The van der Waals surface area contributed by atoms with E-state index in [1.807, 2.05) is 12.1 Å². The number of benzene rings is 1. The highest BCUT2D eigenvalue weighted by Crippen LogP contribution is 2.43. The summed E-state index contributed by atoms with van der Waals surface area (Å²) in [6, 6.07) is 12.2. The Hall–Kier alpha value is -1.49. The second-order valence-electron chi connectivity index (χ2n) is 6.29. The van der Waals surface area contributed by atoms with Crippen molar-refractivity contribution in [3.63, 3.8) is 0 Å². The highest BCUT2D eigenvalue weighted by atomic mass is 35.5. The number of halogens is 2. The Bertz CT molecular complexity index is 897. The molecule has 0 radical (unpaired) electrons. The first kappa shape index (κ1) is 16.0. The summed E-state index contributed by atoms with van der Waals surface area (Å²) in [5, 5.41) is 3.57. The van der Waals surface area contributed by atoms with Gasteiger partial charge in [0.05, 0.1) is 15.2 Å². The quantitative estimate of drug-likeness (QED) is 0.627. The zero-order valence-electron chi connectivity index (χ0n) is 12.9. The minimum absolute atomic E-state index is 0.0713. The number of carbonyl (C=O) groups is 1. The van der Waals surface area contributed by atoms with Crippen LogP contribution >= 0.6 is 34.5 Å². The molecule has 3 aromatic rings. The lowest BCUT2D eigenvalue weighted by Crippen LogP contribution is -2.45. The maximum Gasteiger partial charge on any atom is 0.267 e. The lowest BCUT2D eigenvalue weighted by atomic mass is 9.64. The van der Waals surface area contributed by atoms with Gasteiger partial charge in [0.1, 0.15) is 10.0 Å². The van der Waals surface area contributed by atoms with Crippen molar-refractivity contribution in [1.29, 1.82) is 0 Å². The van der Waals surface area contributed by atoms with Crippen LogP contribution in [0.5, 0.6) is 0 Å². The van der Waals surface area contributed by atoms with E-state index in [2.05, 4.69) is 34.6 Å². The molecule has 1 fully saturated rings. The second-order valence-corrected chi connectivity index (χ2v) is 8.33. The molecule has 2 aromatic heterocycles. The van der Waals surface area contributed by atoms with Gasteiger partial charge in [0.25, 0.3) is 5.91 Å². The average Bonchev–Trinajstić information content (AvgIpc) is 3.07. The van der Waals surface area contributed by atoms with Crippen molar-refractivity contribution >= 4 is 50.7 Å². The minimum Gasteiger partial charge on any atom is -0.350 e. The molecule has 1 amide bonds. The van der Waals surface area contributed by atoms with E-state index >= 15 is 0 Å². The Morgan fingerprint density at radius 2 is 2.00 bits per heavy atom. The predicted octanol–water partition coefficient (Wildman–Crippen LogP) is 5.39. The summed E-state index contributed by atoms with van der Waals surface area (Å²) in [5.41, 5.74) is 2.64. The standard InChI is InChI=1S/C18H16Cl2N2OS/c19-14-15-13(24-16(14)20)9-12(22-15)17(23)21-10-18(7-4-8-18)11-5-2-1-3-6-11/h1-3,5-6,9,22H,4,7-8,10H2,(H,21,23). The zero-order valence-corrected chi connectivity index (χ0v) is 15.2. The van der Waals surface area contributed by atoms with Crippen molar-refractivity contribution in [2.75, 3.05) is 6.54 Å². The maximum atomic E-state index is 12.5. The maximum absolute atomic E-state index is 12.5. The second kappa shape index (κ2) is 6.10. The van der Waals surface area contributed by atoms with Gasteiger partial charge in [0.2, 0.25) is 0 Å². The normalized spacial score (nSPS) is 16.1. The van der Waals surface area contributed by atoms with Gasteiger partial charge in [0, 0.05) is 12.0 Å². The lowest BCUT2D eigenvalue weighted by Gasteiger charge is -2.42. The molecule has 3 nitrogen and oxygen atoms in total. The van der Waals surface area contributed by atoms with Gasteiger partial charge in [-0.05, 0) is 24.5 Å². The summed E-state index contributed by atoms with van der Waals surface area (Å²) in [6.45, 7) is 0.650. The van der Waals surface area contributed by atoms with E-state index in [-0.39, 0.29) is 11.3 Å². The number of H-pyrrole nitrogens is 1. The number of hydrogen-bond acceptors (Lipinski definition) is 2. The van der Waals surface area contributed by atoms with E-state index in [0.29, 0.717) is 21.6 Å². The van der Waals surface area contributed by atoms with Gasteiger partial charge in [-0.3, -0.25) is 4.79 Å². The summed E-state index contributed by atoms with van der Waals surface area (Å²) >= 11 is 13.5. The van der Waals surface area contributed by atoms with E-state index in [0.717, 1.165) is 23.1 Å². The van der Waals surface area contributed by atoms with Crippen LogP contribution in [-0.2, 0) is 5.41 Å². The summed E-state index contributed by atoms with van der Waals surface area (Å²) < 4.78 is 1.44. The third-order valence-corrected chi connectivity index (χ3v) is 6.83. The molecule has 0 saturated heterocycles. The molecule has 1 aliphatic rings. The minimum atomic E-state index is -0.104. The molecular weight excluding hydrogens is 363 g/mol. The topological polar surface area (TPSA) is 44.9 Å². The van der Waals surface area contributed by atoms with Gasteiger partial charge in [-0.15, -0.1) is 11.3 Å². The van der Waals surface area contributed by atoms with Crippen LogP contribution in [0.4, 0.5) is 0 Å². The zero-order chi connectivity index (χ0) is 16.7. The van der Waals surface area contributed by atoms with Crippen molar-refractivity contribution in [3.05, 3.63) is 57.0 Å². The molecule has 24 heavy (non-hydrogen) atoms. The fraction of sp³-hybridized carbons (Fsp3) is 0.278. The number of amides is 1. The first-order chi connectivity index (χ1) is 11.6. The van der Waals surface area contributed by atoms with Crippen molar-refractivity contribution in [1.82, 2.24) is 10.3 Å². The molecule has 1 aliphatic carbocycles. The monoisotopic (exact) mass is 378 g/mol. The van der Waals surface area contributed by atoms with Gasteiger partial charge in [0.15, 0.2) is 0 Å². The fourth-order valence-electron chi connectivity index (χ4n) is 3.35. The Kier molecular flexibility index (Phi) is 4.07. The number of aromatic nitrogens is 1. The molecule has 124 valence electrons. The predicted molar refractivity (Wildman–Crippen MR) is 100 cm³/mol. The highest BCUT2D eigenvalue weighted by molar-refractivity contribution is 7.23. The summed E-state index contributed by atoms with van der Waals surface area (Å²) in [7, 11) is 0. The highest BCUT2D eigenvalue weighted by Gasteiger charge is 2.38. The molecule has 1 saturated carbocycles. The fourth-order valence-corrected chi connectivity index (χ4v) is 4.83. The lowest BCUT2D eigenvalue weighted by molar-refractivity contribution is 0.0923. The Morgan fingerprint density at radius 1 is 1.25 bits per heavy atom. The van der Waals surface area contributed by atoms with E-state index < -0.39 is 0 Å². The van der Waals surface area contributed by atoms with Gasteiger partial charge in [-0.25, -0.2) is 0 Å². The van der Waals surface area contributed by atoms with Crippen LogP contribution in [-0.4, -0.2) is 17.4 Å². The van der Waals surface area contributed by atoms with Crippen molar-refractivity contribution in [2.45, 2.75) is 24.7 Å². The number of carbonyl (C=O) groups excluding carboxylic acids is 1.